The fourth-order valence-electron chi connectivity index (χ4n) is 9.87. The number of hydrogen-bond donors (Lipinski definition) is 0. The summed E-state index contributed by atoms with van der Waals surface area (Å²) in [4.78, 5) is 30.5. The molecule has 0 unspecified atom stereocenters. The number of aromatic nitrogens is 6. The standard InChI is InChI=1S/C72H48N6/c1-5-17-49(18-6-1)52-33-39-56(40-34-52)68-73-67(55-23-11-4-12-24-55)75-71(76-68)65-31-15-29-63(47-65)61-27-13-25-59(45-61)60-26-14-28-62(46-60)64-30-16-32-66(48-64)72-77-69(57-41-35-53(36-42-57)50-19-7-2-8-20-50)74-70(78-72)58-43-37-54(38-44-58)51-21-9-3-10-22-51/h1-48H. The summed E-state index contributed by atoms with van der Waals surface area (Å²) in [5.74, 6) is 3.68. The first kappa shape index (κ1) is 47.2. The van der Waals surface area contributed by atoms with Gasteiger partial charge in [0.25, 0.3) is 0 Å². The van der Waals surface area contributed by atoms with E-state index in [4.69, 9.17) is 29.9 Å². The predicted octanol–water partition coefficient (Wildman–Crippen LogP) is 18.1. The number of nitrogens with zero attached hydrogens (tertiary/aromatic N) is 6. The van der Waals surface area contributed by atoms with Gasteiger partial charge in [-0.25, -0.2) is 29.9 Å². The van der Waals surface area contributed by atoms with E-state index in [2.05, 4.69) is 243 Å². The molecule has 0 bridgehead atoms. The molecule has 0 aliphatic heterocycles. The summed E-state index contributed by atoms with van der Waals surface area (Å²) in [5, 5.41) is 0. The summed E-state index contributed by atoms with van der Waals surface area (Å²) >= 11 is 0. The SMILES string of the molecule is c1ccc(-c2ccc(-c3nc(-c4ccccc4)nc(-c4cccc(-c5cccc(-c6cccc(-c7cccc(-c8nc(-c9ccc(-c%10ccccc%10)cc9)nc(-c9ccc(-c%10ccccc%10)cc9)n8)c7)c6)c5)c4)n3)cc2)cc1. The largest absolute Gasteiger partial charge is 0.208 e. The molecule has 0 aliphatic rings. The van der Waals surface area contributed by atoms with Crippen molar-refractivity contribution < 1.29 is 0 Å². The Bertz CT molecular complexity index is 4100. The summed E-state index contributed by atoms with van der Waals surface area (Å²) in [7, 11) is 0. The topological polar surface area (TPSA) is 77.3 Å². The quantitative estimate of drug-likeness (QED) is 0.121. The first-order valence-corrected chi connectivity index (χ1v) is 26.1. The van der Waals surface area contributed by atoms with E-state index >= 15 is 0 Å². The lowest BCUT2D eigenvalue weighted by molar-refractivity contribution is 1.07. The zero-order valence-corrected chi connectivity index (χ0v) is 42.4. The van der Waals surface area contributed by atoms with Crippen molar-refractivity contribution in [3.8, 4) is 135 Å². The van der Waals surface area contributed by atoms with Crippen LogP contribution in [0.2, 0.25) is 0 Å². The Morgan fingerprint density at radius 1 is 0.115 bits per heavy atom. The van der Waals surface area contributed by atoms with Crippen LogP contribution in [0.5, 0.6) is 0 Å². The van der Waals surface area contributed by atoms with Gasteiger partial charge in [0.1, 0.15) is 0 Å². The van der Waals surface area contributed by atoms with Gasteiger partial charge in [0.15, 0.2) is 34.9 Å². The van der Waals surface area contributed by atoms with Crippen LogP contribution in [0.1, 0.15) is 0 Å². The minimum absolute atomic E-state index is 0.601. The molecule has 0 saturated carbocycles. The van der Waals surface area contributed by atoms with E-state index in [9.17, 15) is 0 Å². The van der Waals surface area contributed by atoms with Gasteiger partial charge in [0.2, 0.25) is 0 Å². The second-order valence-corrected chi connectivity index (χ2v) is 19.1. The van der Waals surface area contributed by atoms with Crippen molar-refractivity contribution >= 4 is 0 Å². The molecule has 366 valence electrons. The van der Waals surface area contributed by atoms with Crippen molar-refractivity contribution in [1.29, 1.82) is 0 Å². The van der Waals surface area contributed by atoms with E-state index in [1.165, 1.54) is 0 Å². The van der Waals surface area contributed by atoms with Crippen LogP contribution in [0.4, 0.5) is 0 Å². The fraction of sp³-hybridized carbons (Fsp3) is 0. The van der Waals surface area contributed by atoms with E-state index in [0.29, 0.717) is 34.9 Å². The molecule has 13 aromatic rings. The van der Waals surface area contributed by atoms with Gasteiger partial charge in [-0.1, -0.05) is 267 Å². The number of hydrogen-bond acceptors (Lipinski definition) is 6. The Kier molecular flexibility index (Phi) is 12.9. The van der Waals surface area contributed by atoms with Crippen LogP contribution >= 0.6 is 0 Å². The molecule has 6 nitrogen and oxygen atoms in total. The van der Waals surface area contributed by atoms with Crippen LogP contribution in [0.3, 0.4) is 0 Å². The second kappa shape index (κ2) is 21.4. The van der Waals surface area contributed by atoms with Crippen molar-refractivity contribution in [2.75, 3.05) is 0 Å². The van der Waals surface area contributed by atoms with Crippen LogP contribution in [0.25, 0.3) is 135 Å². The molecule has 2 heterocycles. The van der Waals surface area contributed by atoms with Gasteiger partial charge in [0.05, 0.1) is 0 Å². The van der Waals surface area contributed by atoms with Crippen LogP contribution in [-0.2, 0) is 0 Å². The highest BCUT2D eigenvalue weighted by Crippen LogP contribution is 2.35. The highest BCUT2D eigenvalue weighted by atomic mass is 15.0. The molecule has 11 aromatic carbocycles. The maximum absolute atomic E-state index is 5.15. The second-order valence-electron chi connectivity index (χ2n) is 19.1. The lowest BCUT2D eigenvalue weighted by Crippen LogP contribution is -2.00. The van der Waals surface area contributed by atoms with E-state index in [1.807, 2.05) is 48.5 Å². The van der Waals surface area contributed by atoms with Gasteiger partial charge in [-0.05, 0) is 91.0 Å². The maximum Gasteiger partial charge on any atom is 0.164 e. The highest BCUT2D eigenvalue weighted by Gasteiger charge is 2.17. The monoisotopic (exact) mass is 996 g/mol. The Hall–Kier alpha value is -10.6. The molecule has 0 amide bonds. The Morgan fingerprint density at radius 2 is 0.269 bits per heavy atom. The molecular formula is C72H48N6. The van der Waals surface area contributed by atoms with Crippen molar-refractivity contribution in [3.63, 3.8) is 0 Å². The fourth-order valence-corrected chi connectivity index (χ4v) is 9.87. The normalized spacial score (nSPS) is 11.1. The van der Waals surface area contributed by atoms with E-state index in [1.54, 1.807) is 0 Å². The molecule has 0 N–H and O–H groups in total. The van der Waals surface area contributed by atoms with E-state index in [-0.39, 0.29) is 0 Å². The third kappa shape index (κ3) is 10.2. The maximum atomic E-state index is 5.15. The molecule has 13 rings (SSSR count). The minimum atomic E-state index is 0.601. The number of benzene rings is 11. The summed E-state index contributed by atoms with van der Waals surface area (Å²) in [6.45, 7) is 0. The Balaban J connectivity index is 0.810. The molecule has 0 spiro atoms. The Morgan fingerprint density at radius 3 is 0.526 bits per heavy atom. The molecule has 0 radical (unpaired) electrons. The minimum Gasteiger partial charge on any atom is -0.208 e. The van der Waals surface area contributed by atoms with Gasteiger partial charge in [-0.3, -0.25) is 0 Å². The summed E-state index contributed by atoms with van der Waals surface area (Å²) in [6.07, 6.45) is 0. The van der Waals surface area contributed by atoms with E-state index < -0.39 is 0 Å². The summed E-state index contributed by atoms with van der Waals surface area (Å²) in [6, 6.07) is 101. The third-order valence-electron chi connectivity index (χ3n) is 14.0. The molecule has 0 fully saturated rings. The zero-order valence-electron chi connectivity index (χ0n) is 42.4. The zero-order chi connectivity index (χ0) is 52.0. The van der Waals surface area contributed by atoms with Gasteiger partial charge >= 0.3 is 0 Å². The molecule has 78 heavy (non-hydrogen) atoms. The van der Waals surface area contributed by atoms with Crippen LogP contribution < -0.4 is 0 Å². The van der Waals surface area contributed by atoms with Crippen LogP contribution in [0.15, 0.2) is 291 Å². The molecule has 0 atom stereocenters. The molecule has 0 saturated heterocycles. The lowest BCUT2D eigenvalue weighted by Gasteiger charge is -2.12. The van der Waals surface area contributed by atoms with Gasteiger partial charge < -0.3 is 0 Å². The molecular weight excluding hydrogens is 949 g/mol. The molecule has 2 aromatic heterocycles. The average Bonchev–Trinajstić information content (AvgIpc) is 3.54. The van der Waals surface area contributed by atoms with Gasteiger partial charge in [0, 0.05) is 33.4 Å². The van der Waals surface area contributed by atoms with Crippen LogP contribution in [-0.4, -0.2) is 29.9 Å². The third-order valence-corrected chi connectivity index (χ3v) is 14.0. The Labute approximate surface area is 453 Å². The summed E-state index contributed by atoms with van der Waals surface area (Å²) < 4.78 is 0. The van der Waals surface area contributed by atoms with Crippen molar-refractivity contribution in [1.82, 2.24) is 29.9 Å². The first-order chi connectivity index (χ1) is 38.6. The average molecular weight is 997 g/mol. The lowest BCUT2D eigenvalue weighted by atomic mass is 9.95. The van der Waals surface area contributed by atoms with Gasteiger partial charge in [-0.15, -0.1) is 0 Å². The highest BCUT2D eigenvalue weighted by molar-refractivity contribution is 5.81. The number of rotatable bonds is 12. The molecule has 0 aliphatic carbocycles. The summed E-state index contributed by atoms with van der Waals surface area (Å²) in [5.41, 5.74) is 18.8. The van der Waals surface area contributed by atoms with Crippen molar-refractivity contribution in [3.05, 3.63) is 291 Å². The first-order valence-electron chi connectivity index (χ1n) is 26.1. The predicted molar refractivity (Wildman–Crippen MR) is 318 cm³/mol. The van der Waals surface area contributed by atoms with Gasteiger partial charge in [-0.2, -0.15) is 0 Å². The van der Waals surface area contributed by atoms with E-state index in [0.717, 1.165) is 100 Å². The smallest absolute Gasteiger partial charge is 0.164 e. The van der Waals surface area contributed by atoms with Crippen molar-refractivity contribution in [2.24, 2.45) is 0 Å². The molecule has 6 heteroatoms. The van der Waals surface area contributed by atoms with Crippen molar-refractivity contribution in [2.45, 2.75) is 0 Å². The van der Waals surface area contributed by atoms with Crippen LogP contribution in [0, 0.1) is 0 Å².